The molecule has 0 saturated carbocycles. The van der Waals surface area contributed by atoms with Gasteiger partial charge in [0, 0.05) is 0 Å². The molecule has 0 unspecified atom stereocenters. The highest BCUT2D eigenvalue weighted by atomic mass is 35.5. The van der Waals surface area contributed by atoms with Crippen molar-refractivity contribution in [2.45, 2.75) is 0 Å². The van der Waals surface area contributed by atoms with Crippen LogP contribution in [0.2, 0.25) is 0 Å². The quantitative estimate of drug-likeness (QED) is 0.752. The van der Waals surface area contributed by atoms with Gasteiger partial charge in [0.2, 0.25) is 0 Å². The lowest BCUT2D eigenvalue weighted by molar-refractivity contribution is -0.113. The molecule has 0 bridgehead atoms. The molecule has 0 spiro atoms. The lowest BCUT2D eigenvalue weighted by Crippen LogP contribution is -2.11. The van der Waals surface area contributed by atoms with Gasteiger partial charge >= 0.3 is 0 Å². The number of halogens is 3. The first-order valence-corrected chi connectivity index (χ1v) is 5.93. The number of carbonyl (C=O) groups excluding carboxylic acids is 3. The largest absolute Gasteiger partial charge is 0.496 e. The first kappa shape index (κ1) is 15.8. The standard InChI is InChI=1S/C11H7Cl3O5/c1-18-5-2-3-6(19-4-7(12)15)9(11(14)17)8(5)10(13)16/h2-3H,4H2,1H3. The molecule has 0 amide bonds. The molecule has 19 heavy (non-hydrogen) atoms. The van der Waals surface area contributed by atoms with Gasteiger partial charge in [0.25, 0.3) is 15.7 Å². The third-order valence-electron chi connectivity index (χ3n) is 2.08. The molecule has 0 aliphatic heterocycles. The van der Waals surface area contributed by atoms with Crippen LogP contribution in [0.15, 0.2) is 12.1 Å². The van der Waals surface area contributed by atoms with Crippen molar-refractivity contribution in [3.8, 4) is 11.5 Å². The highest BCUT2D eigenvalue weighted by molar-refractivity contribution is 6.72. The van der Waals surface area contributed by atoms with Crippen LogP contribution in [-0.4, -0.2) is 29.4 Å². The predicted molar refractivity (Wildman–Crippen MR) is 69.7 cm³/mol. The Morgan fingerprint density at radius 3 is 1.89 bits per heavy atom. The van der Waals surface area contributed by atoms with E-state index in [4.69, 9.17) is 44.3 Å². The Bertz CT molecular complexity index is 541. The van der Waals surface area contributed by atoms with Gasteiger partial charge in [-0.1, -0.05) is 0 Å². The number of rotatable bonds is 6. The maximum absolute atomic E-state index is 11.4. The Hall–Kier alpha value is -1.30. The van der Waals surface area contributed by atoms with Crippen LogP contribution in [0.3, 0.4) is 0 Å². The van der Waals surface area contributed by atoms with E-state index >= 15 is 0 Å². The van der Waals surface area contributed by atoms with Gasteiger partial charge < -0.3 is 9.47 Å². The molecule has 0 atom stereocenters. The molecule has 0 fully saturated rings. The minimum absolute atomic E-state index is 0.0635. The van der Waals surface area contributed by atoms with Crippen molar-refractivity contribution in [1.29, 1.82) is 0 Å². The fraction of sp³-hybridized carbons (Fsp3) is 0.182. The van der Waals surface area contributed by atoms with Crippen molar-refractivity contribution in [3.63, 3.8) is 0 Å². The summed E-state index contributed by atoms with van der Waals surface area (Å²) >= 11 is 15.9. The van der Waals surface area contributed by atoms with Crippen molar-refractivity contribution in [2.75, 3.05) is 13.7 Å². The van der Waals surface area contributed by atoms with Crippen molar-refractivity contribution in [1.82, 2.24) is 0 Å². The van der Waals surface area contributed by atoms with Gasteiger partial charge in [-0.3, -0.25) is 14.4 Å². The first-order valence-electron chi connectivity index (χ1n) is 4.80. The Morgan fingerprint density at radius 2 is 1.47 bits per heavy atom. The van der Waals surface area contributed by atoms with Gasteiger partial charge in [-0.05, 0) is 46.9 Å². The van der Waals surface area contributed by atoms with Crippen molar-refractivity contribution in [3.05, 3.63) is 23.3 Å². The van der Waals surface area contributed by atoms with Crippen LogP contribution in [0.4, 0.5) is 0 Å². The number of ether oxygens (including phenoxy) is 2. The molecule has 0 aliphatic rings. The van der Waals surface area contributed by atoms with Crippen LogP contribution in [0.1, 0.15) is 20.7 Å². The summed E-state index contributed by atoms with van der Waals surface area (Å²) in [6.45, 7) is -0.485. The molecule has 102 valence electrons. The van der Waals surface area contributed by atoms with Crippen molar-refractivity contribution in [2.24, 2.45) is 0 Å². The summed E-state index contributed by atoms with van der Waals surface area (Å²) in [5.41, 5.74) is -0.511. The normalized spacial score (nSPS) is 9.89. The van der Waals surface area contributed by atoms with Crippen LogP contribution in [-0.2, 0) is 4.79 Å². The van der Waals surface area contributed by atoms with E-state index in [9.17, 15) is 14.4 Å². The molecular formula is C11H7Cl3O5. The van der Waals surface area contributed by atoms with Gasteiger partial charge in [0.15, 0.2) is 6.61 Å². The fourth-order valence-corrected chi connectivity index (χ4v) is 1.81. The van der Waals surface area contributed by atoms with Crippen molar-refractivity contribution < 1.29 is 23.9 Å². The molecule has 1 rings (SSSR count). The molecule has 0 saturated heterocycles. The zero-order chi connectivity index (χ0) is 14.6. The van der Waals surface area contributed by atoms with Crippen LogP contribution in [0, 0.1) is 0 Å². The Labute approximate surface area is 123 Å². The number of methoxy groups -OCH3 is 1. The molecular weight excluding hydrogens is 318 g/mol. The van der Waals surface area contributed by atoms with Crippen LogP contribution in [0.25, 0.3) is 0 Å². The van der Waals surface area contributed by atoms with Gasteiger partial charge in [-0.2, -0.15) is 0 Å². The minimum atomic E-state index is -0.972. The molecule has 0 heterocycles. The second-order valence-electron chi connectivity index (χ2n) is 3.21. The summed E-state index contributed by atoms with van der Waals surface area (Å²) in [4.78, 5) is 33.4. The molecule has 0 aliphatic carbocycles. The molecule has 1 aromatic rings. The van der Waals surface area contributed by atoms with Gasteiger partial charge in [-0.25, -0.2) is 0 Å². The second-order valence-corrected chi connectivity index (χ2v) is 4.32. The maximum atomic E-state index is 11.4. The lowest BCUT2D eigenvalue weighted by Gasteiger charge is -2.13. The van der Waals surface area contributed by atoms with E-state index in [2.05, 4.69) is 0 Å². The Morgan fingerprint density at radius 1 is 1.00 bits per heavy atom. The highest BCUT2D eigenvalue weighted by Gasteiger charge is 2.24. The monoisotopic (exact) mass is 324 g/mol. The third kappa shape index (κ3) is 3.83. The molecule has 8 heteroatoms. The number of hydrogen-bond donors (Lipinski definition) is 0. The van der Waals surface area contributed by atoms with Gasteiger partial charge in [0.05, 0.1) is 18.2 Å². The second kappa shape index (κ2) is 6.75. The van der Waals surface area contributed by atoms with E-state index in [1.54, 1.807) is 0 Å². The first-order chi connectivity index (χ1) is 8.88. The summed E-state index contributed by atoms with van der Waals surface area (Å²) in [5.74, 6) is -0.0210. The van der Waals surface area contributed by atoms with Crippen LogP contribution < -0.4 is 9.47 Å². The maximum Gasteiger partial charge on any atom is 0.259 e. The van der Waals surface area contributed by atoms with Crippen LogP contribution in [0.5, 0.6) is 11.5 Å². The molecule has 1 aromatic carbocycles. The third-order valence-corrected chi connectivity index (χ3v) is 2.57. The average Bonchev–Trinajstić information content (AvgIpc) is 2.34. The van der Waals surface area contributed by atoms with Gasteiger partial charge in [-0.15, -0.1) is 0 Å². The number of benzene rings is 1. The smallest absolute Gasteiger partial charge is 0.259 e. The van der Waals surface area contributed by atoms with E-state index in [1.807, 2.05) is 0 Å². The number of carbonyl (C=O) groups is 3. The molecule has 0 N–H and O–H groups in total. The van der Waals surface area contributed by atoms with E-state index in [0.29, 0.717) is 0 Å². The fourth-order valence-electron chi connectivity index (χ4n) is 1.38. The van der Waals surface area contributed by atoms with Gasteiger partial charge in [0.1, 0.15) is 11.5 Å². The zero-order valence-corrected chi connectivity index (χ0v) is 11.8. The molecule has 0 aromatic heterocycles. The summed E-state index contributed by atoms with van der Waals surface area (Å²) in [6.07, 6.45) is 0. The topological polar surface area (TPSA) is 69.7 Å². The Balaban J connectivity index is 3.40. The van der Waals surface area contributed by atoms with E-state index in [0.717, 1.165) is 0 Å². The van der Waals surface area contributed by atoms with E-state index in [1.165, 1.54) is 19.2 Å². The zero-order valence-electron chi connectivity index (χ0n) is 9.54. The van der Waals surface area contributed by atoms with E-state index < -0.39 is 22.3 Å². The van der Waals surface area contributed by atoms with E-state index in [-0.39, 0.29) is 22.6 Å². The summed E-state index contributed by atoms with van der Waals surface area (Å²) in [7, 11) is 1.30. The summed E-state index contributed by atoms with van der Waals surface area (Å²) in [5, 5.41) is -2.69. The predicted octanol–water partition coefficient (Wildman–Crippen LogP) is 2.60. The summed E-state index contributed by atoms with van der Waals surface area (Å²) < 4.78 is 9.91. The lowest BCUT2D eigenvalue weighted by atomic mass is 10.1. The van der Waals surface area contributed by atoms with Crippen LogP contribution >= 0.6 is 34.8 Å². The average molecular weight is 326 g/mol. The van der Waals surface area contributed by atoms with Crippen molar-refractivity contribution >= 4 is 50.5 Å². The molecule has 0 radical (unpaired) electrons. The minimum Gasteiger partial charge on any atom is -0.496 e. The Kier molecular flexibility index (Phi) is 5.60. The number of hydrogen-bond acceptors (Lipinski definition) is 5. The summed E-state index contributed by atoms with van der Waals surface area (Å²) in [6, 6.07) is 2.67. The highest BCUT2D eigenvalue weighted by Crippen LogP contribution is 2.33. The molecule has 5 nitrogen and oxygen atoms in total. The SMILES string of the molecule is COc1ccc(OCC(=O)Cl)c(C(=O)Cl)c1C(=O)Cl.